The SMILES string of the molecule is COc1ccc2ncc(C)c([C@H](F)CCC3(CO)CCN(CCNc4cc(F)cc(F)c4)CC3)c2c1. The molecule has 0 saturated carbocycles. The van der Waals surface area contributed by atoms with E-state index < -0.39 is 17.8 Å². The Kier molecular flexibility index (Phi) is 8.36. The molecule has 0 unspecified atom stereocenters. The molecule has 0 bridgehead atoms. The van der Waals surface area contributed by atoms with Gasteiger partial charge >= 0.3 is 0 Å². The fourth-order valence-corrected chi connectivity index (χ4v) is 5.16. The van der Waals surface area contributed by atoms with Gasteiger partial charge in [-0.1, -0.05) is 0 Å². The predicted octanol–water partition coefficient (Wildman–Crippen LogP) is 5.81. The number of aliphatic hydroxyl groups is 1. The fraction of sp³-hybridized carbons (Fsp3) is 0.464. The zero-order chi connectivity index (χ0) is 25.7. The van der Waals surface area contributed by atoms with Crippen LogP contribution in [-0.4, -0.2) is 54.9 Å². The van der Waals surface area contributed by atoms with Crippen molar-refractivity contribution >= 4 is 16.6 Å². The second-order valence-electron chi connectivity index (χ2n) is 9.83. The lowest BCUT2D eigenvalue weighted by Gasteiger charge is -2.41. The van der Waals surface area contributed by atoms with E-state index in [0.29, 0.717) is 36.4 Å². The van der Waals surface area contributed by atoms with E-state index in [2.05, 4.69) is 15.2 Å². The summed E-state index contributed by atoms with van der Waals surface area (Å²) in [5.74, 6) is -0.550. The second-order valence-corrected chi connectivity index (χ2v) is 9.83. The van der Waals surface area contributed by atoms with Crippen LogP contribution in [0.5, 0.6) is 5.75 Å². The lowest BCUT2D eigenvalue weighted by atomic mass is 9.74. The number of likely N-dealkylation sites (tertiary alicyclic amines) is 1. The van der Waals surface area contributed by atoms with Crippen molar-refractivity contribution in [2.75, 3.05) is 45.2 Å². The van der Waals surface area contributed by atoms with Gasteiger partial charge < -0.3 is 20.1 Å². The number of aliphatic hydroxyl groups excluding tert-OH is 1. The average Bonchev–Trinajstić information content (AvgIpc) is 2.87. The third-order valence-corrected chi connectivity index (χ3v) is 7.43. The van der Waals surface area contributed by atoms with Gasteiger partial charge in [0.25, 0.3) is 0 Å². The van der Waals surface area contributed by atoms with Gasteiger partial charge in [0.15, 0.2) is 0 Å². The van der Waals surface area contributed by atoms with Gasteiger partial charge in [0.05, 0.1) is 12.6 Å². The van der Waals surface area contributed by atoms with Crippen molar-refractivity contribution < 1.29 is 23.0 Å². The minimum absolute atomic E-state index is 0.0261. The van der Waals surface area contributed by atoms with Crippen molar-refractivity contribution in [3.8, 4) is 5.75 Å². The normalized spacial score (nSPS) is 16.7. The summed E-state index contributed by atoms with van der Waals surface area (Å²) in [6, 6.07) is 8.89. The highest BCUT2D eigenvalue weighted by atomic mass is 19.1. The van der Waals surface area contributed by atoms with Crippen LogP contribution in [0.15, 0.2) is 42.6 Å². The molecular weight excluding hydrogens is 467 g/mol. The number of hydrogen-bond donors (Lipinski definition) is 2. The highest BCUT2D eigenvalue weighted by molar-refractivity contribution is 5.84. The van der Waals surface area contributed by atoms with E-state index in [1.165, 1.54) is 12.1 Å². The van der Waals surface area contributed by atoms with Crippen molar-refractivity contribution in [2.45, 2.75) is 38.8 Å². The fourth-order valence-electron chi connectivity index (χ4n) is 5.16. The molecule has 1 atom stereocenters. The monoisotopic (exact) mass is 501 g/mol. The average molecular weight is 502 g/mol. The number of nitrogens with zero attached hydrogens (tertiary/aromatic N) is 2. The van der Waals surface area contributed by atoms with Crippen molar-refractivity contribution in [2.24, 2.45) is 5.41 Å². The Morgan fingerprint density at radius 3 is 2.53 bits per heavy atom. The molecular formula is C28H34F3N3O2. The maximum Gasteiger partial charge on any atom is 0.128 e. The molecule has 1 saturated heterocycles. The molecule has 0 spiro atoms. The van der Waals surface area contributed by atoms with E-state index in [0.717, 1.165) is 55.0 Å². The molecule has 2 N–H and O–H groups in total. The molecule has 8 heteroatoms. The first kappa shape index (κ1) is 26.2. The first-order valence-corrected chi connectivity index (χ1v) is 12.4. The zero-order valence-electron chi connectivity index (χ0n) is 20.9. The molecule has 2 heterocycles. The summed E-state index contributed by atoms with van der Waals surface area (Å²) in [6.45, 7) is 4.74. The van der Waals surface area contributed by atoms with E-state index in [-0.39, 0.29) is 12.0 Å². The third-order valence-electron chi connectivity index (χ3n) is 7.43. The molecule has 1 aliphatic rings. The van der Waals surface area contributed by atoms with Crippen molar-refractivity contribution in [3.05, 3.63) is 65.4 Å². The standard InChI is InChI=1S/C28H34F3N3O2/c1-19-17-33-26-4-3-23(36-2)16-24(26)27(19)25(31)5-6-28(18-35)7-10-34(11-8-28)12-9-32-22-14-20(29)13-21(30)15-22/h3-4,13-17,25,32,35H,5-12,18H2,1-2H3/t25-/m1/s1. The lowest BCUT2D eigenvalue weighted by Crippen LogP contribution is -2.43. The van der Waals surface area contributed by atoms with Crippen LogP contribution in [0.3, 0.4) is 0 Å². The van der Waals surface area contributed by atoms with Crippen LogP contribution in [0.1, 0.15) is 43.0 Å². The van der Waals surface area contributed by atoms with Gasteiger partial charge in [-0.25, -0.2) is 13.2 Å². The summed E-state index contributed by atoms with van der Waals surface area (Å²) < 4.78 is 47.7. The Labute approximate surface area is 210 Å². The summed E-state index contributed by atoms with van der Waals surface area (Å²) in [6.07, 6.45) is 3.00. The Morgan fingerprint density at radius 1 is 1.14 bits per heavy atom. The summed E-state index contributed by atoms with van der Waals surface area (Å²) in [7, 11) is 1.59. The number of aryl methyl sites for hydroxylation is 1. The van der Waals surface area contributed by atoms with E-state index in [4.69, 9.17) is 4.74 Å². The van der Waals surface area contributed by atoms with Gasteiger partial charge in [-0.3, -0.25) is 4.98 Å². The number of aromatic nitrogens is 1. The number of methoxy groups -OCH3 is 1. The molecule has 194 valence electrons. The quantitative estimate of drug-likeness (QED) is 0.367. The van der Waals surface area contributed by atoms with E-state index in [9.17, 15) is 13.9 Å². The smallest absolute Gasteiger partial charge is 0.128 e. The number of halogens is 3. The Bertz CT molecular complexity index is 1160. The molecule has 0 aliphatic carbocycles. The van der Waals surface area contributed by atoms with Gasteiger partial charge in [-0.15, -0.1) is 0 Å². The summed E-state index contributed by atoms with van der Waals surface area (Å²) in [5, 5.41) is 14.1. The molecule has 1 aromatic heterocycles. The number of hydrogen-bond acceptors (Lipinski definition) is 5. The number of benzene rings is 2. The topological polar surface area (TPSA) is 57.6 Å². The molecule has 3 aromatic rings. The molecule has 0 amide bonds. The van der Waals surface area contributed by atoms with Crippen molar-refractivity contribution in [3.63, 3.8) is 0 Å². The Hall–Kier alpha value is -2.84. The lowest BCUT2D eigenvalue weighted by molar-refractivity contribution is 0.0315. The third kappa shape index (κ3) is 6.10. The van der Waals surface area contributed by atoms with Gasteiger partial charge in [0.2, 0.25) is 0 Å². The summed E-state index contributed by atoms with van der Waals surface area (Å²) >= 11 is 0. The maximum atomic E-state index is 15.7. The second kappa shape index (κ2) is 11.5. The van der Waals surface area contributed by atoms with Crippen LogP contribution in [0.4, 0.5) is 18.9 Å². The highest BCUT2D eigenvalue weighted by Crippen LogP contribution is 2.40. The number of fused-ring (bicyclic) bond motifs is 1. The number of piperidine rings is 1. The van der Waals surface area contributed by atoms with Crippen LogP contribution in [-0.2, 0) is 0 Å². The zero-order valence-corrected chi connectivity index (χ0v) is 20.9. The number of ether oxygens (including phenoxy) is 1. The minimum Gasteiger partial charge on any atom is -0.497 e. The van der Waals surface area contributed by atoms with Gasteiger partial charge in [0.1, 0.15) is 23.6 Å². The van der Waals surface area contributed by atoms with Gasteiger partial charge in [0, 0.05) is 43.0 Å². The Morgan fingerprint density at radius 2 is 1.86 bits per heavy atom. The first-order chi connectivity index (χ1) is 17.3. The molecule has 1 aliphatic heterocycles. The Balaban J connectivity index is 1.33. The number of rotatable bonds is 10. The summed E-state index contributed by atoms with van der Waals surface area (Å²) in [4.78, 5) is 6.69. The van der Waals surface area contributed by atoms with E-state index >= 15 is 4.39 Å². The first-order valence-electron chi connectivity index (χ1n) is 12.4. The number of pyridine rings is 1. The predicted molar refractivity (Wildman–Crippen MR) is 136 cm³/mol. The van der Waals surface area contributed by atoms with Crippen LogP contribution in [0.2, 0.25) is 0 Å². The number of alkyl halides is 1. The minimum atomic E-state index is -1.17. The van der Waals surface area contributed by atoms with E-state index in [1.54, 1.807) is 13.3 Å². The van der Waals surface area contributed by atoms with Crippen LogP contribution >= 0.6 is 0 Å². The highest BCUT2D eigenvalue weighted by Gasteiger charge is 2.35. The molecule has 1 fully saturated rings. The largest absolute Gasteiger partial charge is 0.497 e. The van der Waals surface area contributed by atoms with Crippen LogP contribution in [0.25, 0.3) is 10.9 Å². The maximum absolute atomic E-state index is 15.7. The van der Waals surface area contributed by atoms with E-state index in [1.807, 2.05) is 25.1 Å². The van der Waals surface area contributed by atoms with Crippen LogP contribution in [0, 0.1) is 24.0 Å². The van der Waals surface area contributed by atoms with Crippen molar-refractivity contribution in [1.29, 1.82) is 0 Å². The molecule has 4 rings (SSSR count). The van der Waals surface area contributed by atoms with Gasteiger partial charge in [-0.05, 0) is 92.6 Å². The molecule has 2 aromatic carbocycles. The van der Waals surface area contributed by atoms with Crippen molar-refractivity contribution in [1.82, 2.24) is 9.88 Å². The molecule has 5 nitrogen and oxygen atoms in total. The van der Waals surface area contributed by atoms with Gasteiger partial charge in [-0.2, -0.15) is 0 Å². The summed E-state index contributed by atoms with van der Waals surface area (Å²) in [5.41, 5.74) is 2.29. The molecule has 36 heavy (non-hydrogen) atoms. The number of nitrogens with one attached hydrogen (secondary N) is 1. The van der Waals surface area contributed by atoms with Crippen LogP contribution < -0.4 is 10.1 Å². The molecule has 0 radical (unpaired) electrons. The number of anilines is 1.